The molecule has 0 saturated heterocycles. The molecule has 1 aromatic carbocycles. The molecule has 6 nitrogen and oxygen atoms in total. The Balaban J connectivity index is 1.51. The Morgan fingerprint density at radius 1 is 1.21 bits per heavy atom. The standard InChI is InChI=1S/C21H26ClN3O3/c1-24-12-17(22)18(23-24)13-25(21(26)10-15-5-3-2-4-6-15)11-16-7-8-19-20(9-16)28-14-27-19/h7-9,12,15H,2-6,10-11,13-14H2,1H3. The normalized spacial score (nSPS) is 16.4. The molecule has 0 unspecified atom stereocenters. The smallest absolute Gasteiger partial charge is 0.231 e. The number of aromatic nitrogens is 2. The van der Waals surface area contributed by atoms with Crippen LogP contribution < -0.4 is 9.47 Å². The van der Waals surface area contributed by atoms with E-state index in [4.69, 9.17) is 21.1 Å². The lowest BCUT2D eigenvalue weighted by Crippen LogP contribution is -2.32. The Bertz CT molecular complexity index is 845. The van der Waals surface area contributed by atoms with Gasteiger partial charge in [0.15, 0.2) is 11.5 Å². The number of hydrogen-bond acceptors (Lipinski definition) is 4. The molecule has 2 aromatic rings. The first-order chi connectivity index (χ1) is 13.6. The second-order valence-corrected chi connectivity index (χ2v) is 8.15. The van der Waals surface area contributed by atoms with Crippen LogP contribution in [-0.2, 0) is 24.9 Å². The molecule has 1 amide bonds. The van der Waals surface area contributed by atoms with E-state index < -0.39 is 0 Å². The fourth-order valence-corrected chi connectivity index (χ4v) is 4.29. The minimum Gasteiger partial charge on any atom is -0.454 e. The van der Waals surface area contributed by atoms with Crippen molar-refractivity contribution in [3.05, 3.63) is 40.7 Å². The fraction of sp³-hybridized carbons (Fsp3) is 0.524. The van der Waals surface area contributed by atoms with Gasteiger partial charge >= 0.3 is 0 Å². The lowest BCUT2D eigenvalue weighted by atomic mass is 9.86. The zero-order chi connectivity index (χ0) is 19.5. The third kappa shape index (κ3) is 4.43. The highest BCUT2D eigenvalue weighted by molar-refractivity contribution is 6.31. The van der Waals surface area contributed by atoms with Crippen molar-refractivity contribution in [3.63, 3.8) is 0 Å². The maximum atomic E-state index is 13.2. The number of hydrogen-bond donors (Lipinski definition) is 0. The molecule has 1 fully saturated rings. The molecule has 2 heterocycles. The molecule has 1 aliphatic heterocycles. The molecular formula is C21H26ClN3O3. The van der Waals surface area contributed by atoms with Crippen LogP contribution in [0.1, 0.15) is 49.8 Å². The third-order valence-electron chi connectivity index (χ3n) is 5.55. The van der Waals surface area contributed by atoms with Gasteiger partial charge in [0.25, 0.3) is 0 Å². The molecule has 0 radical (unpaired) electrons. The van der Waals surface area contributed by atoms with E-state index in [1.807, 2.05) is 30.1 Å². The number of carbonyl (C=O) groups excluding carboxylic acids is 1. The van der Waals surface area contributed by atoms with Gasteiger partial charge in [-0.1, -0.05) is 36.9 Å². The minimum atomic E-state index is 0.159. The summed E-state index contributed by atoms with van der Waals surface area (Å²) in [6.45, 7) is 1.14. The van der Waals surface area contributed by atoms with Gasteiger partial charge in [0.1, 0.15) is 5.69 Å². The van der Waals surface area contributed by atoms with Gasteiger partial charge in [-0.05, 0) is 36.5 Å². The molecule has 4 rings (SSSR count). The molecule has 28 heavy (non-hydrogen) atoms. The van der Waals surface area contributed by atoms with E-state index in [9.17, 15) is 4.79 Å². The molecule has 7 heteroatoms. The second kappa shape index (κ2) is 8.43. The predicted octanol–water partition coefficient (Wildman–Crippen LogP) is 4.30. The van der Waals surface area contributed by atoms with Crippen molar-refractivity contribution in [3.8, 4) is 11.5 Å². The zero-order valence-electron chi connectivity index (χ0n) is 16.2. The van der Waals surface area contributed by atoms with Crippen molar-refractivity contribution < 1.29 is 14.3 Å². The highest BCUT2D eigenvalue weighted by Crippen LogP contribution is 2.33. The molecule has 2 aliphatic rings. The van der Waals surface area contributed by atoms with Crippen molar-refractivity contribution in [2.75, 3.05) is 6.79 Å². The van der Waals surface area contributed by atoms with Crippen molar-refractivity contribution in [2.24, 2.45) is 13.0 Å². The molecular weight excluding hydrogens is 378 g/mol. The highest BCUT2D eigenvalue weighted by atomic mass is 35.5. The fourth-order valence-electron chi connectivity index (χ4n) is 4.05. The summed E-state index contributed by atoms with van der Waals surface area (Å²) in [5.74, 6) is 2.12. The lowest BCUT2D eigenvalue weighted by Gasteiger charge is -2.27. The Morgan fingerprint density at radius 2 is 2.00 bits per heavy atom. The summed E-state index contributed by atoms with van der Waals surface area (Å²) in [5, 5.41) is 5.01. The van der Waals surface area contributed by atoms with Crippen LogP contribution in [0.4, 0.5) is 0 Å². The van der Waals surface area contributed by atoms with E-state index in [0.29, 0.717) is 30.5 Å². The maximum absolute atomic E-state index is 13.2. The van der Waals surface area contributed by atoms with Crippen molar-refractivity contribution >= 4 is 17.5 Å². The molecule has 1 saturated carbocycles. The van der Waals surface area contributed by atoms with Crippen LogP contribution in [0.3, 0.4) is 0 Å². The Labute approximate surface area is 170 Å². The Kier molecular flexibility index (Phi) is 5.76. The van der Waals surface area contributed by atoms with Gasteiger partial charge in [0, 0.05) is 26.2 Å². The number of amides is 1. The van der Waals surface area contributed by atoms with Crippen LogP contribution in [0.2, 0.25) is 5.02 Å². The van der Waals surface area contributed by atoms with Crippen LogP contribution in [0, 0.1) is 5.92 Å². The van der Waals surface area contributed by atoms with E-state index in [1.165, 1.54) is 19.3 Å². The zero-order valence-corrected chi connectivity index (χ0v) is 17.0. The first kappa shape index (κ1) is 19.1. The SMILES string of the molecule is Cn1cc(Cl)c(CN(Cc2ccc3c(c2)OCO3)C(=O)CC2CCCCC2)n1. The first-order valence-corrected chi connectivity index (χ1v) is 10.3. The summed E-state index contributed by atoms with van der Waals surface area (Å²) < 4.78 is 12.6. The van der Waals surface area contributed by atoms with Gasteiger partial charge in [0.2, 0.25) is 12.7 Å². The summed E-state index contributed by atoms with van der Waals surface area (Å²) in [4.78, 5) is 15.0. The third-order valence-corrected chi connectivity index (χ3v) is 5.86. The summed E-state index contributed by atoms with van der Waals surface area (Å²) >= 11 is 6.31. The molecule has 1 aromatic heterocycles. The number of ether oxygens (including phenoxy) is 2. The number of aryl methyl sites for hydroxylation is 1. The number of carbonyl (C=O) groups is 1. The van der Waals surface area contributed by atoms with Gasteiger partial charge in [-0.25, -0.2) is 0 Å². The number of fused-ring (bicyclic) bond motifs is 1. The average molecular weight is 404 g/mol. The van der Waals surface area contributed by atoms with Gasteiger partial charge in [0.05, 0.1) is 11.6 Å². The van der Waals surface area contributed by atoms with E-state index in [2.05, 4.69) is 5.10 Å². The Morgan fingerprint density at radius 3 is 2.75 bits per heavy atom. The number of nitrogens with zero attached hydrogens (tertiary/aromatic N) is 3. The lowest BCUT2D eigenvalue weighted by molar-refractivity contribution is -0.133. The number of benzene rings is 1. The average Bonchev–Trinajstić information content (AvgIpc) is 3.27. The minimum absolute atomic E-state index is 0.159. The van der Waals surface area contributed by atoms with Crippen LogP contribution in [0.15, 0.2) is 24.4 Å². The first-order valence-electron chi connectivity index (χ1n) is 9.93. The molecule has 0 spiro atoms. The number of halogens is 1. The predicted molar refractivity (Wildman–Crippen MR) is 106 cm³/mol. The van der Waals surface area contributed by atoms with Gasteiger partial charge in [-0.15, -0.1) is 0 Å². The van der Waals surface area contributed by atoms with E-state index >= 15 is 0 Å². The van der Waals surface area contributed by atoms with Crippen LogP contribution in [-0.4, -0.2) is 27.4 Å². The Hall–Kier alpha value is -2.21. The highest BCUT2D eigenvalue weighted by Gasteiger charge is 2.24. The maximum Gasteiger partial charge on any atom is 0.231 e. The summed E-state index contributed by atoms with van der Waals surface area (Å²) in [6, 6.07) is 5.83. The molecule has 0 atom stereocenters. The second-order valence-electron chi connectivity index (χ2n) is 7.74. The van der Waals surface area contributed by atoms with Gasteiger partial charge in [-0.2, -0.15) is 5.10 Å². The summed E-state index contributed by atoms with van der Waals surface area (Å²) in [6.07, 6.45) is 8.39. The van der Waals surface area contributed by atoms with Crippen LogP contribution in [0.5, 0.6) is 11.5 Å². The van der Waals surface area contributed by atoms with Crippen LogP contribution >= 0.6 is 11.6 Å². The topological polar surface area (TPSA) is 56.6 Å². The van der Waals surface area contributed by atoms with Crippen molar-refractivity contribution in [1.29, 1.82) is 0 Å². The van der Waals surface area contributed by atoms with E-state index in [1.54, 1.807) is 10.9 Å². The monoisotopic (exact) mass is 403 g/mol. The quantitative estimate of drug-likeness (QED) is 0.721. The van der Waals surface area contributed by atoms with Crippen molar-refractivity contribution in [1.82, 2.24) is 14.7 Å². The van der Waals surface area contributed by atoms with E-state index in [0.717, 1.165) is 35.6 Å². The van der Waals surface area contributed by atoms with Crippen LogP contribution in [0.25, 0.3) is 0 Å². The number of rotatable bonds is 6. The van der Waals surface area contributed by atoms with Gasteiger partial charge < -0.3 is 14.4 Å². The van der Waals surface area contributed by atoms with Gasteiger partial charge in [-0.3, -0.25) is 9.48 Å². The largest absolute Gasteiger partial charge is 0.454 e. The molecule has 0 N–H and O–H groups in total. The summed E-state index contributed by atoms with van der Waals surface area (Å²) in [7, 11) is 1.83. The molecule has 150 valence electrons. The summed E-state index contributed by atoms with van der Waals surface area (Å²) in [5.41, 5.74) is 1.73. The van der Waals surface area contributed by atoms with E-state index in [-0.39, 0.29) is 12.7 Å². The molecule has 1 aliphatic carbocycles. The molecule has 0 bridgehead atoms. The van der Waals surface area contributed by atoms with Crippen molar-refractivity contribution in [2.45, 2.75) is 51.6 Å².